The van der Waals surface area contributed by atoms with E-state index in [1.807, 2.05) is 0 Å². The fourth-order valence-corrected chi connectivity index (χ4v) is 3.37. The molecule has 0 aromatic rings. The average Bonchev–Trinajstić information content (AvgIpc) is 2.63. The molecule has 1 saturated carbocycles. The van der Waals surface area contributed by atoms with Gasteiger partial charge in [-0.3, -0.25) is 14.5 Å². The molecular weight excluding hydrogens is 256 g/mol. The molecule has 0 radical (unpaired) electrons. The zero-order chi connectivity index (χ0) is 14.4. The van der Waals surface area contributed by atoms with Gasteiger partial charge in [-0.15, -0.1) is 0 Å². The maximum Gasteiger partial charge on any atom is 0.303 e. The third kappa shape index (κ3) is 5.12. The molecule has 0 aromatic heterocycles. The first kappa shape index (κ1) is 15.3. The van der Waals surface area contributed by atoms with Gasteiger partial charge >= 0.3 is 5.97 Å². The molecule has 2 fully saturated rings. The molecule has 1 aliphatic heterocycles. The Morgan fingerprint density at radius 2 is 1.80 bits per heavy atom. The number of nitrogens with one attached hydrogen (secondary N) is 1. The Kier molecular flexibility index (Phi) is 5.83. The summed E-state index contributed by atoms with van der Waals surface area (Å²) in [6, 6.07) is 0.349. The first-order valence-corrected chi connectivity index (χ1v) is 7.87. The quantitative estimate of drug-likeness (QED) is 0.752. The van der Waals surface area contributed by atoms with E-state index in [0.29, 0.717) is 12.6 Å². The standard InChI is InChI=1S/C15H26N2O3/c18-14(16-13-5-3-1-2-4-6-13)11-17-8-7-12(10-17)9-15(19)20/h12-13H,1-11H2,(H,16,18)(H,19,20). The van der Waals surface area contributed by atoms with Crippen LogP contribution in [-0.4, -0.2) is 47.6 Å². The Bertz CT molecular complexity index is 338. The van der Waals surface area contributed by atoms with Crippen molar-refractivity contribution >= 4 is 11.9 Å². The smallest absolute Gasteiger partial charge is 0.303 e. The van der Waals surface area contributed by atoms with E-state index in [0.717, 1.165) is 32.4 Å². The van der Waals surface area contributed by atoms with Crippen LogP contribution in [0, 0.1) is 5.92 Å². The Labute approximate surface area is 120 Å². The summed E-state index contributed by atoms with van der Waals surface area (Å²) in [7, 11) is 0. The third-order valence-electron chi connectivity index (χ3n) is 4.42. The number of carbonyl (C=O) groups is 2. The van der Waals surface area contributed by atoms with Crippen LogP contribution >= 0.6 is 0 Å². The van der Waals surface area contributed by atoms with Crippen LogP contribution in [0.5, 0.6) is 0 Å². The minimum absolute atomic E-state index is 0.105. The summed E-state index contributed by atoms with van der Waals surface area (Å²) >= 11 is 0. The van der Waals surface area contributed by atoms with Crippen LogP contribution in [0.1, 0.15) is 51.4 Å². The van der Waals surface area contributed by atoms with E-state index in [1.165, 1.54) is 25.7 Å². The summed E-state index contributed by atoms with van der Waals surface area (Å²) in [5, 5.41) is 11.9. The van der Waals surface area contributed by atoms with E-state index in [9.17, 15) is 9.59 Å². The van der Waals surface area contributed by atoms with Crippen LogP contribution in [0.3, 0.4) is 0 Å². The van der Waals surface area contributed by atoms with Gasteiger partial charge in [0.1, 0.15) is 0 Å². The highest BCUT2D eigenvalue weighted by Crippen LogP contribution is 2.20. The van der Waals surface area contributed by atoms with Gasteiger partial charge in [-0.2, -0.15) is 0 Å². The maximum atomic E-state index is 12.0. The van der Waals surface area contributed by atoms with E-state index in [1.54, 1.807) is 0 Å². The van der Waals surface area contributed by atoms with E-state index >= 15 is 0 Å². The van der Waals surface area contributed by atoms with Gasteiger partial charge in [-0.1, -0.05) is 25.7 Å². The lowest BCUT2D eigenvalue weighted by Crippen LogP contribution is -2.41. The molecule has 114 valence electrons. The van der Waals surface area contributed by atoms with Crippen LogP contribution in [0.2, 0.25) is 0 Å². The SMILES string of the molecule is O=C(O)CC1CCN(CC(=O)NC2CCCCCC2)C1. The van der Waals surface area contributed by atoms with Crippen molar-refractivity contribution in [3.63, 3.8) is 0 Å². The molecule has 5 nitrogen and oxygen atoms in total. The molecule has 2 aliphatic rings. The van der Waals surface area contributed by atoms with Gasteiger partial charge in [0.05, 0.1) is 6.54 Å². The lowest BCUT2D eigenvalue weighted by Gasteiger charge is -2.20. The Morgan fingerprint density at radius 1 is 1.10 bits per heavy atom. The second-order valence-electron chi connectivity index (χ2n) is 6.24. The minimum Gasteiger partial charge on any atom is -0.481 e. The van der Waals surface area contributed by atoms with Gasteiger partial charge < -0.3 is 10.4 Å². The molecule has 1 saturated heterocycles. The molecule has 2 rings (SSSR count). The van der Waals surface area contributed by atoms with E-state index in [4.69, 9.17) is 5.11 Å². The van der Waals surface area contributed by atoms with Crippen molar-refractivity contribution in [3.8, 4) is 0 Å². The van der Waals surface area contributed by atoms with Crippen molar-refractivity contribution in [1.82, 2.24) is 10.2 Å². The molecule has 1 unspecified atom stereocenters. The van der Waals surface area contributed by atoms with Crippen molar-refractivity contribution in [2.75, 3.05) is 19.6 Å². The lowest BCUT2D eigenvalue weighted by molar-refractivity contribution is -0.138. The zero-order valence-electron chi connectivity index (χ0n) is 12.1. The van der Waals surface area contributed by atoms with Crippen molar-refractivity contribution in [3.05, 3.63) is 0 Å². The third-order valence-corrected chi connectivity index (χ3v) is 4.42. The number of carboxylic acid groups (broad SMARTS) is 1. The van der Waals surface area contributed by atoms with Gasteiger partial charge in [0.15, 0.2) is 0 Å². The number of rotatable bonds is 5. The highest BCUT2D eigenvalue weighted by Gasteiger charge is 2.26. The minimum atomic E-state index is -0.736. The van der Waals surface area contributed by atoms with Crippen LogP contribution in [0.15, 0.2) is 0 Å². The lowest BCUT2D eigenvalue weighted by atomic mass is 10.1. The van der Waals surface area contributed by atoms with E-state index < -0.39 is 5.97 Å². The highest BCUT2D eigenvalue weighted by molar-refractivity contribution is 5.78. The molecule has 1 heterocycles. The number of hydrogen-bond acceptors (Lipinski definition) is 3. The number of amides is 1. The van der Waals surface area contributed by atoms with Crippen LogP contribution in [0.4, 0.5) is 0 Å². The normalized spacial score (nSPS) is 25.3. The fourth-order valence-electron chi connectivity index (χ4n) is 3.37. The van der Waals surface area contributed by atoms with Crippen molar-refractivity contribution in [1.29, 1.82) is 0 Å². The second-order valence-corrected chi connectivity index (χ2v) is 6.24. The number of nitrogens with zero attached hydrogens (tertiary/aromatic N) is 1. The molecule has 2 N–H and O–H groups in total. The summed E-state index contributed by atoms with van der Waals surface area (Å²) < 4.78 is 0. The van der Waals surface area contributed by atoms with E-state index in [-0.39, 0.29) is 18.2 Å². The number of likely N-dealkylation sites (tertiary alicyclic amines) is 1. The summed E-state index contributed by atoms with van der Waals surface area (Å²) in [5.41, 5.74) is 0. The van der Waals surface area contributed by atoms with Crippen molar-refractivity contribution < 1.29 is 14.7 Å². The highest BCUT2D eigenvalue weighted by atomic mass is 16.4. The Balaban J connectivity index is 1.68. The molecule has 1 amide bonds. The van der Waals surface area contributed by atoms with Crippen LogP contribution in [-0.2, 0) is 9.59 Å². The molecule has 1 aliphatic carbocycles. The predicted molar refractivity (Wildman–Crippen MR) is 76.4 cm³/mol. The Morgan fingerprint density at radius 3 is 2.45 bits per heavy atom. The van der Waals surface area contributed by atoms with Crippen LogP contribution in [0.25, 0.3) is 0 Å². The average molecular weight is 282 g/mol. The first-order chi connectivity index (χ1) is 9.63. The van der Waals surface area contributed by atoms with Crippen LogP contribution < -0.4 is 5.32 Å². The maximum absolute atomic E-state index is 12.0. The van der Waals surface area contributed by atoms with E-state index in [2.05, 4.69) is 10.2 Å². The topological polar surface area (TPSA) is 69.6 Å². The predicted octanol–water partition coefficient (Wildman–Crippen LogP) is 1.62. The molecule has 20 heavy (non-hydrogen) atoms. The summed E-state index contributed by atoms with van der Waals surface area (Å²) in [4.78, 5) is 24.8. The molecule has 0 spiro atoms. The van der Waals surface area contributed by atoms with Gasteiger partial charge in [0.25, 0.3) is 0 Å². The van der Waals surface area contributed by atoms with Crippen molar-refractivity contribution in [2.45, 2.75) is 57.4 Å². The summed E-state index contributed by atoms with van der Waals surface area (Å²) in [6.45, 7) is 2.01. The molecular formula is C15H26N2O3. The molecule has 0 aromatic carbocycles. The molecule has 0 bridgehead atoms. The number of aliphatic carboxylic acids is 1. The summed E-state index contributed by atoms with van der Waals surface area (Å²) in [5.74, 6) is -0.425. The number of hydrogen-bond donors (Lipinski definition) is 2. The number of carbonyl (C=O) groups excluding carboxylic acids is 1. The monoisotopic (exact) mass is 282 g/mol. The molecule has 5 heteroatoms. The van der Waals surface area contributed by atoms with Gasteiger partial charge in [0, 0.05) is 19.0 Å². The first-order valence-electron chi connectivity index (χ1n) is 7.87. The second kappa shape index (κ2) is 7.62. The van der Waals surface area contributed by atoms with Gasteiger partial charge in [-0.05, 0) is 31.7 Å². The largest absolute Gasteiger partial charge is 0.481 e. The van der Waals surface area contributed by atoms with Gasteiger partial charge in [0.2, 0.25) is 5.91 Å². The Hall–Kier alpha value is -1.10. The number of carboxylic acids is 1. The zero-order valence-corrected chi connectivity index (χ0v) is 12.1. The molecule has 1 atom stereocenters. The van der Waals surface area contributed by atoms with Crippen molar-refractivity contribution in [2.24, 2.45) is 5.92 Å². The fraction of sp³-hybridized carbons (Fsp3) is 0.867. The van der Waals surface area contributed by atoms with Gasteiger partial charge in [-0.25, -0.2) is 0 Å². The summed E-state index contributed by atoms with van der Waals surface area (Å²) in [6.07, 6.45) is 8.33.